The van der Waals surface area contributed by atoms with Gasteiger partial charge in [0.2, 0.25) is 0 Å². The van der Waals surface area contributed by atoms with Gasteiger partial charge in [-0.25, -0.2) is 0 Å². The fourth-order valence-electron chi connectivity index (χ4n) is 1.86. The van der Waals surface area contributed by atoms with Gasteiger partial charge in [-0.3, -0.25) is 0 Å². The molecule has 0 aromatic heterocycles. The van der Waals surface area contributed by atoms with Crippen molar-refractivity contribution in [1.29, 1.82) is 0 Å². The molecule has 0 saturated heterocycles. The molecule has 1 saturated carbocycles. The minimum atomic E-state index is 0.399. The van der Waals surface area contributed by atoms with Crippen LogP contribution in [0.2, 0.25) is 0 Å². The Balaban J connectivity index is 2.02. The van der Waals surface area contributed by atoms with Crippen LogP contribution >= 0.6 is 0 Å². The predicted molar refractivity (Wildman–Crippen MR) is 65.1 cm³/mol. The third-order valence-electron chi connectivity index (χ3n) is 3.65. The van der Waals surface area contributed by atoms with Crippen molar-refractivity contribution in [3.63, 3.8) is 0 Å². The Morgan fingerprint density at radius 3 is 2.67 bits per heavy atom. The minimum Gasteiger partial charge on any atom is -0.384 e. The van der Waals surface area contributed by atoms with Crippen molar-refractivity contribution in [1.82, 2.24) is 0 Å². The lowest BCUT2D eigenvalue weighted by molar-refractivity contribution is 0.555. The fourth-order valence-corrected chi connectivity index (χ4v) is 1.86. The predicted octanol–water partition coefficient (Wildman–Crippen LogP) is 2.45. The number of nitrogens with one attached hydrogen (secondary N) is 1. The summed E-state index contributed by atoms with van der Waals surface area (Å²) < 4.78 is 0. The van der Waals surface area contributed by atoms with Crippen molar-refractivity contribution in [3.8, 4) is 0 Å². The molecule has 3 N–H and O–H groups in total. The van der Waals surface area contributed by atoms with E-state index in [-0.39, 0.29) is 0 Å². The zero-order valence-corrected chi connectivity index (χ0v) is 9.64. The summed E-state index contributed by atoms with van der Waals surface area (Å²) in [5, 5.41) is 3.53. The number of hydrogen-bond acceptors (Lipinski definition) is 2. The third kappa shape index (κ3) is 2.15. The van der Waals surface area contributed by atoms with Crippen LogP contribution < -0.4 is 11.1 Å². The molecular formula is C13H20N2. The van der Waals surface area contributed by atoms with E-state index in [2.05, 4.69) is 37.4 Å². The molecule has 0 radical (unpaired) electrons. The average Bonchev–Trinajstić information content (AvgIpc) is 3.01. The zero-order chi connectivity index (χ0) is 10.9. The first-order chi connectivity index (χ1) is 7.17. The molecule has 0 spiro atoms. The lowest BCUT2D eigenvalue weighted by Crippen LogP contribution is -2.24. The van der Waals surface area contributed by atoms with E-state index in [9.17, 15) is 0 Å². The SMILES string of the molecule is Cc1cccc(NCC2(CN)CC2)c1C. The molecule has 1 fully saturated rings. The summed E-state index contributed by atoms with van der Waals surface area (Å²) in [5.74, 6) is 0. The maximum Gasteiger partial charge on any atom is 0.0372 e. The maximum atomic E-state index is 5.76. The summed E-state index contributed by atoms with van der Waals surface area (Å²) in [7, 11) is 0. The van der Waals surface area contributed by atoms with Gasteiger partial charge in [-0.1, -0.05) is 12.1 Å². The van der Waals surface area contributed by atoms with Gasteiger partial charge in [0.1, 0.15) is 0 Å². The highest BCUT2D eigenvalue weighted by molar-refractivity contribution is 5.53. The zero-order valence-electron chi connectivity index (χ0n) is 9.64. The van der Waals surface area contributed by atoms with Gasteiger partial charge in [-0.15, -0.1) is 0 Å². The lowest BCUT2D eigenvalue weighted by atomic mass is 10.1. The average molecular weight is 204 g/mol. The third-order valence-corrected chi connectivity index (χ3v) is 3.65. The number of aryl methyl sites for hydroxylation is 1. The van der Waals surface area contributed by atoms with Crippen molar-refractivity contribution in [2.45, 2.75) is 26.7 Å². The number of rotatable bonds is 4. The molecule has 15 heavy (non-hydrogen) atoms. The molecule has 0 atom stereocenters. The highest BCUT2D eigenvalue weighted by atomic mass is 14.9. The Bertz CT molecular complexity index is 354. The van der Waals surface area contributed by atoms with Crippen molar-refractivity contribution < 1.29 is 0 Å². The Kier molecular flexibility index (Phi) is 2.70. The molecule has 1 aliphatic rings. The molecule has 2 rings (SSSR count). The topological polar surface area (TPSA) is 38.0 Å². The summed E-state index contributed by atoms with van der Waals surface area (Å²) in [5.41, 5.74) is 10.1. The van der Waals surface area contributed by atoms with Crippen LogP contribution in [0.4, 0.5) is 5.69 Å². The van der Waals surface area contributed by atoms with Crippen LogP contribution in [-0.2, 0) is 0 Å². The first-order valence-electron chi connectivity index (χ1n) is 5.67. The van der Waals surface area contributed by atoms with E-state index in [1.165, 1.54) is 29.7 Å². The quantitative estimate of drug-likeness (QED) is 0.790. The molecule has 1 aromatic rings. The minimum absolute atomic E-state index is 0.399. The highest BCUT2D eigenvalue weighted by Gasteiger charge is 2.40. The molecule has 1 aromatic carbocycles. The summed E-state index contributed by atoms with van der Waals surface area (Å²) >= 11 is 0. The van der Waals surface area contributed by atoms with Gasteiger partial charge in [-0.2, -0.15) is 0 Å². The summed E-state index contributed by atoms with van der Waals surface area (Å²) in [6.45, 7) is 6.15. The largest absolute Gasteiger partial charge is 0.384 e. The second-order valence-electron chi connectivity index (χ2n) is 4.81. The van der Waals surface area contributed by atoms with Crippen molar-refractivity contribution in [3.05, 3.63) is 29.3 Å². The van der Waals surface area contributed by atoms with Crippen LogP contribution in [-0.4, -0.2) is 13.1 Å². The van der Waals surface area contributed by atoms with Gasteiger partial charge in [-0.05, 0) is 55.8 Å². The first-order valence-corrected chi connectivity index (χ1v) is 5.67. The molecule has 0 aliphatic heterocycles. The summed E-state index contributed by atoms with van der Waals surface area (Å²) in [6, 6.07) is 6.40. The van der Waals surface area contributed by atoms with Crippen LogP contribution in [0.25, 0.3) is 0 Å². The van der Waals surface area contributed by atoms with Crippen molar-refractivity contribution in [2.75, 3.05) is 18.4 Å². The smallest absolute Gasteiger partial charge is 0.0372 e. The molecule has 1 aliphatic carbocycles. The molecule has 0 heterocycles. The van der Waals surface area contributed by atoms with Gasteiger partial charge in [0.25, 0.3) is 0 Å². The molecule has 2 heteroatoms. The summed E-state index contributed by atoms with van der Waals surface area (Å²) in [6.07, 6.45) is 2.56. The number of benzene rings is 1. The second kappa shape index (κ2) is 3.86. The van der Waals surface area contributed by atoms with E-state index in [1.807, 2.05) is 0 Å². The second-order valence-corrected chi connectivity index (χ2v) is 4.81. The fraction of sp³-hybridized carbons (Fsp3) is 0.538. The normalized spacial score (nSPS) is 17.5. The van der Waals surface area contributed by atoms with E-state index in [0.717, 1.165) is 13.1 Å². The van der Waals surface area contributed by atoms with Crippen molar-refractivity contribution >= 4 is 5.69 Å². The van der Waals surface area contributed by atoms with Crippen molar-refractivity contribution in [2.24, 2.45) is 11.1 Å². The molecule has 0 unspecified atom stereocenters. The Morgan fingerprint density at radius 1 is 1.33 bits per heavy atom. The van der Waals surface area contributed by atoms with Gasteiger partial charge in [0.05, 0.1) is 0 Å². The molecule has 82 valence electrons. The Morgan fingerprint density at radius 2 is 2.07 bits per heavy atom. The highest BCUT2D eigenvalue weighted by Crippen LogP contribution is 2.44. The molecule has 0 amide bonds. The van der Waals surface area contributed by atoms with Gasteiger partial charge in [0.15, 0.2) is 0 Å². The maximum absolute atomic E-state index is 5.76. The van der Waals surface area contributed by atoms with Crippen LogP contribution in [0.5, 0.6) is 0 Å². The van der Waals surface area contributed by atoms with Crippen LogP contribution in [0, 0.1) is 19.3 Å². The Hall–Kier alpha value is -1.02. The van der Waals surface area contributed by atoms with Gasteiger partial charge >= 0.3 is 0 Å². The number of nitrogens with two attached hydrogens (primary N) is 1. The van der Waals surface area contributed by atoms with Crippen LogP contribution in [0.1, 0.15) is 24.0 Å². The van der Waals surface area contributed by atoms with E-state index in [1.54, 1.807) is 0 Å². The van der Waals surface area contributed by atoms with E-state index < -0.39 is 0 Å². The first kappa shape index (κ1) is 10.5. The van der Waals surface area contributed by atoms with Crippen LogP contribution in [0.15, 0.2) is 18.2 Å². The Labute approximate surface area is 91.9 Å². The lowest BCUT2D eigenvalue weighted by Gasteiger charge is -2.16. The summed E-state index contributed by atoms with van der Waals surface area (Å²) in [4.78, 5) is 0. The molecular weight excluding hydrogens is 184 g/mol. The molecule has 2 nitrogen and oxygen atoms in total. The van der Waals surface area contributed by atoms with E-state index >= 15 is 0 Å². The number of hydrogen-bond donors (Lipinski definition) is 2. The van der Waals surface area contributed by atoms with E-state index in [4.69, 9.17) is 5.73 Å². The van der Waals surface area contributed by atoms with Crippen LogP contribution in [0.3, 0.4) is 0 Å². The monoisotopic (exact) mass is 204 g/mol. The van der Waals surface area contributed by atoms with Gasteiger partial charge < -0.3 is 11.1 Å². The van der Waals surface area contributed by atoms with Gasteiger partial charge in [0, 0.05) is 12.2 Å². The molecule has 0 bridgehead atoms. The van der Waals surface area contributed by atoms with E-state index in [0.29, 0.717) is 5.41 Å². The standard InChI is InChI=1S/C13H20N2/c1-10-4-3-5-12(11(10)2)15-9-13(8-14)6-7-13/h3-5,15H,6-9,14H2,1-2H3. The number of anilines is 1.